The molecule has 1 aromatic rings. The lowest BCUT2D eigenvalue weighted by Gasteiger charge is -2.29. The molecule has 1 aromatic heterocycles. The number of nitrogens with one attached hydrogen (secondary N) is 1. The molecular weight excluding hydrogens is 350 g/mol. The van der Waals surface area contributed by atoms with Crippen LogP contribution in [0, 0.1) is 5.92 Å². The van der Waals surface area contributed by atoms with Crippen LogP contribution in [0.3, 0.4) is 0 Å². The molecule has 1 aliphatic heterocycles. The quantitative estimate of drug-likeness (QED) is 0.639. The van der Waals surface area contributed by atoms with Gasteiger partial charge in [0, 0.05) is 27.7 Å². The van der Waals surface area contributed by atoms with Gasteiger partial charge in [-0.2, -0.15) is 0 Å². The summed E-state index contributed by atoms with van der Waals surface area (Å²) in [6.07, 6.45) is 3.98. The lowest BCUT2D eigenvalue weighted by Crippen LogP contribution is -2.38. The van der Waals surface area contributed by atoms with E-state index in [2.05, 4.69) is 42.3 Å². The molecule has 0 aromatic carbocycles. The molecular formula is C11H15Br2N3O. The zero-order valence-corrected chi connectivity index (χ0v) is 12.5. The molecule has 0 bridgehead atoms. The average Bonchev–Trinajstić information content (AvgIpc) is 2.34. The van der Waals surface area contributed by atoms with Gasteiger partial charge >= 0.3 is 0 Å². The second-order valence-electron chi connectivity index (χ2n) is 4.14. The number of aromatic nitrogens is 1. The van der Waals surface area contributed by atoms with Crippen molar-refractivity contribution in [1.82, 2.24) is 10.4 Å². The van der Waals surface area contributed by atoms with E-state index in [-0.39, 0.29) is 6.04 Å². The van der Waals surface area contributed by atoms with Crippen LogP contribution in [-0.4, -0.2) is 18.2 Å². The Hall–Kier alpha value is -0.0100. The highest BCUT2D eigenvalue weighted by Crippen LogP contribution is 2.32. The van der Waals surface area contributed by atoms with Gasteiger partial charge in [0.05, 0.1) is 18.3 Å². The maximum atomic E-state index is 5.66. The van der Waals surface area contributed by atoms with Crippen molar-refractivity contribution in [1.29, 1.82) is 0 Å². The molecule has 0 saturated carbocycles. The first-order valence-electron chi connectivity index (χ1n) is 5.57. The first-order valence-corrected chi connectivity index (χ1v) is 7.15. The molecule has 2 unspecified atom stereocenters. The molecule has 1 saturated heterocycles. The predicted molar refractivity (Wildman–Crippen MR) is 73.2 cm³/mol. The topological polar surface area (TPSA) is 60.2 Å². The average molecular weight is 365 g/mol. The molecule has 0 radical (unpaired) electrons. The predicted octanol–water partition coefficient (Wildman–Crippen LogP) is 2.54. The Morgan fingerprint density at radius 2 is 2.35 bits per heavy atom. The maximum absolute atomic E-state index is 5.66. The summed E-state index contributed by atoms with van der Waals surface area (Å²) in [5.41, 5.74) is 3.80. The van der Waals surface area contributed by atoms with Crippen LogP contribution in [-0.2, 0) is 4.74 Å². The summed E-state index contributed by atoms with van der Waals surface area (Å²) in [5, 5.41) is 0. The van der Waals surface area contributed by atoms with Crippen molar-refractivity contribution in [2.24, 2.45) is 11.8 Å². The number of nitrogens with zero attached hydrogens (tertiary/aromatic N) is 1. The van der Waals surface area contributed by atoms with E-state index in [1.807, 2.05) is 6.07 Å². The van der Waals surface area contributed by atoms with E-state index in [4.69, 9.17) is 10.6 Å². The van der Waals surface area contributed by atoms with Gasteiger partial charge in [0.1, 0.15) is 0 Å². The van der Waals surface area contributed by atoms with Gasteiger partial charge in [0.25, 0.3) is 0 Å². The summed E-state index contributed by atoms with van der Waals surface area (Å²) in [5.74, 6) is 6.04. The summed E-state index contributed by atoms with van der Waals surface area (Å²) < 4.78 is 7.41. The third-order valence-electron chi connectivity index (χ3n) is 2.98. The van der Waals surface area contributed by atoms with Crippen LogP contribution in [0.1, 0.15) is 24.6 Å². The molecule has 3 N–H and O–H groups in total. The number of ether oxygens (including phenoxy) is 1. The van der Waals surface area contributed by atoms with Crippen LogP contribution < -0.4 is 11.3 Å². The summed E-state index contributed by atoms with van der Waals surface area (Å²) in [4.78, 5) is 4.43. The van der Waals surface area contributed by atoms with E-state index in [1.54, 1.807) is 6.20 Å². The minimum Gasteiger partial charge on any atom is -0.381 e. The van der Waals surface area contributed by atoms with E-state index in [9.17, 15) is 0 Å². The van der Waals surface area contributed by atoms with Gasteiger partial charge in [-0.3, -0.25) is 16.3 Å². The number of rotatable bonds is 3. The largest absolute Gasteiger partial charge is 0.381 e. The number of hydrogen-bond donors (Lipinski definition) is 2. The van der Waals surface area contributed by atoms with Crippen molar-refractivity contribution in [3.05, 3.63) is 26.9 Å². The van der Waals surface area contributed by atoms with Crippen LogP contribution in [0.4, 0.5) is 0 Å². The van der Waals surface area contributed by atoms with Crippen molar-refractivity contribution < 1.29 is 4.74 Å². The van der Waals surface area contributed by atoms with Gasteiger partial charge in [0.2, 0.25) is 0 Å². The fourth-order valence-corrected chi connectivity index (χ4v) is 3.35. The Morgan fingerprint density at radius 1 is 1.53 bits per heavy atom. The second kappa shape index (κ2) is 6.24. The lowest BCUT2D eigenvalue weighted by atomic mass is 9.92. The van der Waals surface area contributed by atoms with E-state index in [0.29, 0.717) is 5.92 Å². The number of hydrogen-bond acceptors (Lipinski definition) is 4. The van der Waals surface area contributed by atoms with Crippen LogP contribution >= 0.6 is 31.9 Å². The van der Waals surface area contributed by atoms with Crippen molar-refractivity contribution in [2.75, 3.05) is 13.2 Å². The van der Waals surface area contributed by atoms with E-state index in [0.717, 1.165) is 40.7 Å². The summed E-state index contributed by atoms with van der Waals surface area (Å²) in [6.45, 7) is 1.59. The first kappa shape index (κ1) is 13.4. The van der Waals surface area contributed by atoms with E-state index >= 15 is 0 Å². The Balaban J connectivity index is 2.21. The van der Waals surface area contributed by atoms with Gasteiger partial charge < -0.3 is 4.74 Å². The highest BCUT2D eigenvalue weighted by Gasteiger charge is 2.27. The lowest BCUT2D eigenvalue weighted by molar-refractivity contribution is 0.0382. The van der Waals surface area contributed by atoms with E-state index in [1.165, 1.54) is 0 Å². The first-order chi connectivity index (χ1) is 8.22. The Labute approximate surface area is 118 Å². The van der Waals surface area contributed by atoms with Crippen LogP contribution in [0.5, 0.6) is 0 Å². The van der Waals surface area contributed by atoms with Gasteiger partial charge in [-0.25, -0.2) is 0 Å². The minimum atomic E-state index is 0.0257. The third kappa shape index (κ3) is 3.26. The van der Waals surface area contributed by atoms with Crippen molar-refractivity contribution in [2.45, 2.75) is 18.9 Å². The molecule has 2 atom stereocenters. The molecule has 6 heteroatoms. The van der Waals surface area contributed by atoms with E-state index < -0.39 is 0 Å². The summed E-state index contributed by atoms with van der Waals surface area (Å²) in [6, 6.07) is 2.01. The van der Waals surface area contributed by atoms with Gasteiger partial charge in [-0.1, -0.05) is 0 Å². The molecule has 0 amide bonds. The number of pyridine rings is 1. The third-order valence-corrected chi connectivity index (χ3v) is 4.05. The van der Waals surface area contributed by atoms with Gasteiger partial charge in [-0.05, 0) is 50.8 Å². The molecule has 0 aliphatic carbocycles. The normalized spacial score (nSPS) is 22.4. The van der Waals surface area contributed by atoms with Crippen molar-refractivity contribution >= 4 is 31.9 Å². The number of halogens is 2. The van der Waals surface area contributed by atoms with Crippen molar-refractivity contribution in [3.63, 3.8) is 0 Å². The standard InChI is InChI=1S/C11H15Br2N3O/c12-8-4-9(13)11(15-5-8)10(16-14)7-2-1-3-17-6-7/h4-5,7,10,16H,1-3,6,14H2. The highest BCUT2D eigenvalue weighted by atomic mass is 79.9. The molecule has 17 heavy (non-hydrogen) atoms. The number of nitrogens with two attached hydrogens (primary N) is 1. The zero-order valence-electron chi connectivity index (χ0n) is 9.33. The van der Waals surface area contributed by atoms with Gasteiger partial charge in [-0.15, -0.1) is 0 Å². The molecule has 0 spiro atoms. The monoisotopic (exact) mass is 363 g/mol. The van der Waals surface area contributed by atoms with Crippen LogP contribution in [0.25, 0.3) is 0 Å². The minimum absolute atomic E-state index is 0.0257. The van der Waals surface area contributed by atoms with Gasteiger partial charge in [0.15, 0.2) is 0 Å². The SMILES string of the molecule is NNC(c1ncc(Br)cc1Br)C1CCCOC1. The molecule has 4 nitrogen and oxygen atoms in total. The summed E-state index contributed by atoms with van der Waals surface area (Å²) >= 11 is 6.92. The molecule has 2 heterocycles. The highest BCUT2D eigenvalue weighted by molar-refractivity contribution is 9.11. The molecule has 2 rings (SSSR count). The van der Waals surface area contributed by atoms with Crippen molar-refractivity contribution in [3.8, 4) is 0 Å². The fraction of sp³-hybridized carbons (Fsp3) is 0.545. The Kier molecular flexibility index (Phi) is 4.93. The fourth-order valence-electron chi connectivity index (χ4n) is 2.12. The Bertz CT molecular complexity index is 383. The smallest absolute Gasteiger partial charge is 0.0732 e. The summed E-state index contributed by atoms with van der Waals surface area (Å²) in [7, 11) is 0. The molecule has 1 aliphatic rings. The molecule has 94 valence electrons. The second-order valence-corrected chi connectivity index (χ2v) is 5.91. The maximum Gasteiger partial charge on any atom is 0.0732 e. The zero-order chi connectivity index (χ0) is 12.3. The Morgan fingerprint density at radius 3 is 2.94 bits per heavy atom. The van der Waals surface area contributed by atoms with Crippen LogP contribution in [0.15, 0.2) is 21.2 Å². The number of hydrazine groups is 1. The van der Waals surface area contributed by atoms with Crippen LogP contribution in [0.2, 0.25) is 0 Å². The molecule has 1 fully saturated rings.